The van der Waals surface area contributed by atoms with Crippen LogP contribution < -0.4 is 0 Å². The van der Waals surface area contributed by atoms with E-state index in [1.165, 1.54) is 17.3 Å². The first-order chi connectivity index (χ1) is 10.8. The zero-order valence-electron chi connectivity index (χ0n) is 12.3. The van der Waals surface area contributed by atoms with Crippen LogP contribution in [0, 0.1) is 6.92 Å². The van der Waals surface area contributed by atoms with E-state index in [1.54, 1.807) is 0 Å². The second-order valence-corrected chi connectivity index (χ2v) is 5.78. The molecule has 0 atom stereocenters. The molecular weight excluding hydrogens is 292 g/mol. The van der Waals surface area contributed by atoms with Crippen LogP contribution in [-0.2, 0) is 0 Å². The summed E-state index contributed by atoms with van der Waals surface area (Å²) in [5.74, 6) is 1.37. The molecule has 3 nitrogen and oxygen atoms in total. The predicted octanol–water partition coefficient (Wildman–Crippen LogP) is 4.85. The molecule has 3 rings (SSSR count). The Morgan fingerprint density at radius 2 is 1.77 bits per heavy atom. The SMILES string of the molecule is Cc1ccccc1-c1nnc(SCC=Cc2ccccc2)o1. The normalized spacial score (nSPS) is 11.1. The average molecular weight is 308 g/mol. The fourth-order valence-corrected chi connectivity index (χ4v) is 2.63. The molecule has 2 aromatic carbocycles. The van der Waals surface area contributed by atoms with Crippen molar-refractivity contribution in [3.8, 4) is 11.5 Å². The molecule has 110 valence electrons. The van der Waals surface area contributed by atoms with Crippen LogP contribution in [0.15, 0.2) is 70.3 Å². The quantitative estimate of drug-likeness (QED) is 0.632. The Morgan fingerprint density at radius 3 is 2.59 bits per heavy atom. The van der Waals surface area contributed by atoms with E-state index in [2.05, 4.69) is 34.5 Å². The average Bonchev–Trinajstić information content (AvgIpc) is 3.02. The highest BCUT2D eigenvalue weighted by molar-refractivity contribution is 7.99. The fourth-order valence-electron chi connectivity index (χ4n) is 2.06. The number of rotatable bonds is 5. The first kappa shape index (κ1) is 14.6. The lowest BCUT2D eigenvalue weighted by Gasteiger charge is -1.98. The minimum atomic E-state index is 0.577. The third-order valence-electron chi connectivity index (χ3n) is 3.19. The van der Waals surface area contributed by atoms with Gasteiger partial charge in [0, 0.05) is 11.3 Å². The minimum Gasteiger partial charge on any atom is -0.411 e. The zero-order valence-corrected chi connectivity index (χ0v) is 13.1. The van der Waals surface area contributed by atoms with Crippen molar-refractivity contribution in [3.63, 3.8) is 0 Å². The van der Waals surface area contributed by atoms with Crippen molar-refractivity contribution >= 4 is 17.8 Å². The summed E-state index contributed by atoms with van der Waals surface area (Å²) in [6, 6.07) is 18.2. The number of aromatic nitrogens is 2. The molecule has 1 aromatic heterocycles. The van der Waals surface area contributed by atoms with Gasteiger partial charge >= 0.3 is 0 Å². The molecule has 0 aliphatic carbocycles. The lowest BCUT2D eigenvalue weighted by atomic mass is 10.1. The van der Waals surface area contributed by atoms with Crippen LogP contribution >= 0.6 is 11.8 Å². The molecule has 0 amide bonds. The van der Waals surface area contributed by atoms with Crippen molar-refractivity contribution in [2.24, 2.45) is 0 Å². The van der Waals surface area contributed by atoms with Gasteiger partial charge in [0.25, 0.3) is 5.22 Å². The van der Waals surface area contributed by atoms with Gasteiger partial charge in [0.15, 0.2) is 0 Å². The van der Waals surface area contributed by atoms with Crippen molar-refractivity contribution in [1.29, 1.82) is 0 Å². The maximum absolute atomic E-state index is 5.71. The molecule has 0 N–H and O–H groups in total. The van der Waals surface area contributed by atoms with Crippen LogP contribution in [0.4, 0.5) is 0 Å². The van der Waals surface area contributed by atoms with Gasteiger partial charge in [-0.1, -0.05) is 72.4 Å². The third-order valence-corrected chi connectivity index (χ3v) is 3.97. The molecule has 0 aliphatic heterocycles. The number of hydrogen-bond donors (Lipinski definition) is 0. The fraction of sp³-hybridized carbons (Fsp3) is 0.111. The number of hydrogen-bond acceptors (Lipinski definition) is 4. The zero-order chi connectivity index (χ0) is 15.2. The largest absolute Gasteiger partial charge is 0.411 e. The van der Waals surface area contributed by atoms with Gasteiger partial charge in [0.2, 0.25) is 5.89 Å². The molecule has 1 heterocycles. The van der Waals surface area contributed by atoms with E-state index in [-0.39, 0.29) is 0 Å². The van der Waals surface area contributed by atoms with Gasteiger partial charge in [-0.05, 0) is 24.1 Å². The number of benzene rings is 2. The van der Waals surface area contributed by atoms with E-state index < -0.39 is 0 Å². The second-order valence-electron chi connectivity index (χ2n) is 4.81. The molecule has 0 fully saturated rings. The van der Waals surface area contributed by atoms with Crippen LogP contribution in [0.5, 0.6) is 0 Å². The molecule has 22 heavy (non-hydrogen) atoms. The van der Waals surface area contributed by atoms with Crippen LogP contribution in [0.3, 0.4) is 0 Å². The van der Waals surface area contributed by atoms with Gasteiger partial charge in [-0.15, -0.1) is 10.2 Å². The van der Waals surface area contributed by atoms with E-state index in [0.717, 1.165) is 16.9 Å². The second kappa shape index (κ2) is 7.09. The van der Waals surface area contributed by atoms with Gasteiger partial charge in [-0.3, -0.25) is 0 Å². The van der Waals surface area contributed by atoms with Crippen LogP contribution in [-0.4, -0.2) is 16.0 Å². The van der Waals surface area contributed by atoms with Gasteiger partial charge in [-0.2, -0.15) is 0 Å². The highest BCUT2D eigenvalue weighted by Crippen LogP contribution is 2.25. The molecule has 0 radical (unpaired) electrons. The molecule has 4 heteroatoms. The summed E-state index contributed by atoms with van der Waals surface area (Å²) in [6.07, 6.45) is 4.18. The molecule has 0 spiro atoms. The maximum atomic E-state index is 5.71. The van der Waals surface area contributed by atoms with Crippen molar-refractivity contribution in [1.82, 2.24) is 10.2 Å². The van der Waals surface area contributed by atoms with Gasteiger partial charge < -0.3 is 4.42 Å². The number of thioether (sulfide) groups is 1. The minimum absolute atomic E-state index is 0.577. The molecular formula is C18H16N2OS. The Hall–Kier alpha value is -2.33. The summed E-state index contributed by atoms with van der Waals surface area (Å²) in [4.78, 5) is 0. The Bertz CT molecular complexity index is 766. The monoisotopic (exact) mass is 308 g/mol. The van der Waals surface area contributed by atoms with Crippen LogP contribution in [0.1, 0.15) is 11.1 Å². The summed E-state index contributed by atoms with van der Waals surface area (Å²) >= 11 is 1.53. The summed E-state index contributed by atoms with van der Waals surface area (Å²) in [5.41, 5.74) is 3.31. The standard InChI is InChI=1S/C18H16N2OS/c1-14-8-5-6-12-16(14)17-19-20-18(21-17)22-13-7-11-15-9-3-2-4-10-15/h2-12H,13H2,1H3. The predicted molar refractivity (Wildman–Crippen MR) is 90.7 cm³/mol. The molecule has 0 unspecified atom stereocenters. The van der Waals surface area contributed by atoms with E-state index in [4.69, 9.17) is 4.42 Å². The van der Waals surface area contributed by atoms with Crippen LogP contribution in [0.2, 0.25) is 0 Å². The van der Waals surface area contributed by atoms with Gasteiger partial charge in [-0.25, -0.2) is 0 Å². The van der Waals surface area contributed by atoms with Crippen molar-refractivity contribution in [2.45, 2.75) is 12.1 Å². The van der Waals surface area contributed by atoms with E-state index >= 15 is 0 Å². The molecule has 0 aliphatic rings. The highest BCUT2D eigenvalue weighted by atomic mass is 32.2. The van der Waals surface area contributed by atoms with Gasteiger partial charge in [0.1, 0.15) is 0 Å². The van der Waals surface area contributed by atoms with Crippen molar-refractivity contribution < 1.29 is 4.42 Å². The molecule has 0 bridgehead atoms. The molecule has 3 aromatic rings. The lowest BCUT2D eigenvalue weighted by Crippen LogP contribution is -1.81. The van der Waals surface area contributed by atoms with E-state index in [9.17, 15) is 0 Å². The third kappa shape index (κ3) is 3.65. The van der Waals surface area contributed by atoms with Crippen molar-refractivity contribution in [3.05, 3.63) is 71.8 Å². The Morgan fingerprint density at radius 1 is 1.00 bits per heavy atom. The first-order valence-corrected chi connectivity index (χ1v) is 8.05. The van der Waals surface area contributed by atoms with Gasteiger partial charge in [0.05, 0.1) is 0 Å². The van der Waals surface area contributed by atoms with E-state index in [1.807, 2.05) is 49.4 Å². The topological polar surface area (TPSA) is 38.9 Å². The summed E-state index contributed by atoms with van der Waals surface area (Å²) in [6.45, 7) is 2.04. The number of nitrogens with zero attached hydrogens (tertiary/aromatic N) is 2. The number of aryl methyl sites for hydroxylation is 1. The summed E-state index contributed by atoms with van der Waals surface area (Å²) < 4.78 is 5.71. The Balaban J connectivity index is 1.61. The lowest BCUT2D eigenvalue weighted by molar-refractivity contribution is 0.466. The molecule has 0 saturated heterocycles. The smallest absolute Gasteiger partial charge is 0.277 e. The Kier molecular flexibility index (Phi) is 4.71. The summed E-state index contributed by atoms with van der Waals surface area (Å²) in [5, 5.41) is 8.81. The Labute approximate surface area is 134 Å². The van der Waals surface area contributed by atoms with Crippen LogP contribution in [0.25, 0.3) is 17.5 Å². The maximum Gasteiger partial charge on any atom is 0.277 e. The molecule has 0 saturated carbocycles. The van der Waals surface area contributed by atoms with E-state index in [0.29, 0.717) is 11.1 Å². The van der Waals surface area contributed by atoms with Crippen molar-refractivity contribution in [2.75, 3.05) is 5.75 Å². The highest BCUT2D eigenvalue weighted by Gasteiger charge is 2.10. The first-order valence-electron chi connectivity index (χ1n) is 7.07. The summed E-state index contributed by atoms with van der Waals surface area (Å²) in [7, 11) is 0.